The number of H-pyrrole nitrogens is 2. The fourth-order valence-electron chi connectivity index (χ4n) is 3.87. The highest BCUT2D eigenvalue weighted by atomic mass is 32.1. The summed E-state index contributed by atoms with van der Waals surface area (Å²) in [4.78, 5) is 42.4. The van der Waals surface area contributed by atoms with Gasteiger partial charge in [0.2, 0.25) is 5.88 Å². The van der Waals surface area contributed by atoms with Crippen molar-refractivity contribution in [2.75, 3.05) is 26.2 Å². The van der Waals surface area contributed by atoms with Crippen LogP contribution in [0.2, 0.25) is 0 Å². The van der Waals surface area contributed by atoms with E-state index in [4.69, 9.17) is 9.98 Å². The molecule has 0 unspecified atom stereocenters. The van der Waals surface area contributed by atoms with E-state index >= 15 is 0 Å². The summed E-state index contributed by atoms with van der Waals surface area (Å²) in [5.74, 6) is -0.360. The largest absolute Gasteiger partial charge is 0.493 e. The molecule has 5 rings (SSSR count). The lowest BCUT2D eigenvalue weighted by molar-refractivity contribution is 0.0953. The van der Waals surface area contributed by atoms with Gasteiger partial charge in [0.15, 0.2) is 11.1 Å². The van der Waals surface area contributed by atoms with Crippen LogP contribution >= 0.6 is 11.3 Å². The topological polar surface area (TPSA) is 144 Å². The van der Waals surface area contributed by atoms with Crippen LogP contribution in [0.25, 0.3) is 22.3 Å². The molecular weight excluding hydrogens is 480 g/mol. The third-order valence-corrected chi connectivity index (χ3v) is 7.17. The van der Waals surface area contributed by atoms with Gasteiger partial charge in [-0.3, -0.25) is 14.8 Å². The predicted molar refractivity (Wildman–Crippen MR) is 137 cm³/mol. The number of imidazole rings is 1. The van der Waals surface area contributed by atoms with Gasteiger partial charge in [-0.2, -0.15) is 9.61 Å². The minimum absolute atomic E-state index is 0.104. The van der Waals surface area contributed by atoms with Gasteiger partial charge in [-0.25, -0.2) is 9.78 Å². The Bertz CT molecular complexity index is 1570. The number of aromatic hydroxyl groups is 1. The standard InChI is InChI=1S/C24H28N8O3S/c1-3-31(4-2)10-9-25-23(34)19-8-7-18(36-19)16-12-20(27-15-5-6-15)32-21(28-16)14(13-26-32)11-17-22(33)30-24(35)29-17/h7-8,11-13,15,33H,3-6,9-10H2,1-2H3,(H,25,34)(H2,29,30,35)/b14-11-,27-20?. The monoisotopic (exact) mass is 508 g/mol. The minimum Gasteiger partial charge on any atom is -0.493 e. The van der Waals surface area contributed by atoms with Crippen LogP contribution in [0.5, 0.6) is 5.88 Å². The van der Waals surface area contributed by atoms with Crippen LogP contribution in [-0.4, -0.2) is 72.7 Å². The van der Waals surface area contributed by atoms with E-state index in [1.54, 1.807) is 16.8 Å². The third kappa shape index (κ3) is 5.09. The lowest BCUT2D eigenvalue weighted by Crippen LogP contribution is -2.34. The highest BCUT2D eigenvalue weighted by molar-refractivity contribution is 7.17. The van der Waals surface area contributed by atoms with E-state index in [2.05, 4.69) is 39.1 Å². The van der Waals surface area contributed by atoms with E-state index in [1.165, 1.54) is 11.3 Å². The van der Waals surface area contributed by atoms with Gasteiger partial charge in [-0.15, -0.1) is 11.3 Å². The number of rotatable bonds is 9. The van der Waals surface area contributed by atoms with Crippen molar-refractivity contribution < 1.29 is 9.90 Å². The Balaban J connectivity index is 1.49. The van der Waals surface area contributed by atoms with Gasteiger partial charge < -0.3 is 20.3 Å². The molecule has 0 atom stereocenters. The summed E-state index contributed by atoms with van der Waals surface area (Å²) in [7, 11) is 0. The highest BCUT2D eigenvalue weighted by Crippen LogP contribution is 2.27. The summed E-state index contributed by atoms with van der Waals surface area (Å²) in [5, 5.41) is 18.0. The van der Waals surface area contributed by atoms with Crippen LogP contribution in [0, 0.1) is 0 Å². The Morgan fingerprint density at radius 1 is 1.33 bits per heavy atom. The van der Waals surface area contributed by atoms with Crippen LogP contribution in [-0.2, 0) is 0 Å². The van der Waals surface area contributed by atoms with Crippen LogP contribution in [0.15, 0.2) is 34.2 Å². The number of likely N-dealkylation sites (N-methyl/N-ethyl adjacent to an activating group) is 1. The number of aromatic amines is 2. The van der Waals surface area contributed by atoms with E-state index in [1.807, 2.05) is 18.2 Å². The molecule has 0 bridgehead atoms. The molecule has 12 heteroatoms. The third-order valence-electron chi connectivity index (χ3n) is 6.07. The summed E-state index contributed by atoms with van der Waals surface area (Å²) >= 11 is 1.37. The van der Waals surface area contributed by atoms with E-state index in [0.717, 1.165) is 37.4 Å². The second-order valence-corrected chi connectivity index (χ2v) is 9.71. The maximum Gasteiger partial charge on any atom is 0.326 e. The zero-order valence-electron chi connectivity index (χ0n) is 20.1. The van der Waals surface area contributed by atoms with Crippen molar-refractivity contribution in [3.63, 3.8) is 0 Å². The van der Waals surface area contributed by atoms with E-state index < -0.39 is 5.69 Å². The van der Waals surface area contributed by atoms with Crippen molar-refractivity contribution >= 4 is 29.0 Å². The van der Waals surface area contributed by atoms with Crippen molar-refractivity contribution in [3.8, 4) is 16.5 Å². The first-order valence-electron chi connectivity index (χ1n) is 12.0. The predicted octanol–water partition coefficient (Wildman–Crippen LogP) is 0.862. The van der Waals surface area contributed by atoms with Crippen molar-refractivity contribution in [1.82, 2.24) is 34.8 Å². The summed E-state index contributed by atoms with van der Waals surface area (Å²) in [6.45, 7) is 7.51. The summed E-state index contributed by atoms with van der Waals surface area (Å²) in [6.07, 6.45) is 5.30. The molecule has 0 saturated heterocycles. The van der Waals surface area contributed by atoms with Crippen molar-refractivity contribution in [3.05, 3.63) is 56.2 Å². The molecule has 0 aliphatic heterocycles. The number of aromatic nitrogens is 5. The SMILES string of the molecule is CCN(CC)CCNC(=O)c1ccc(-c2cc(=NC3CC3)n3nc/c(=C/c4[nH]c(=O)[nH]c4O)c3n2)s1. The average Bonchev–Trinajstić information content (AvgIpc) is 3.25. The molecule has 4 aromatic rings. The molecule has 1 aliphatic rings. The number of nitrogens with one attached hydrogen (secondary N) is 3. The Morgan fingerprint density at radius 2 is 2.14 bits per heavy atom. The average molecular weight is 509 g/mol. The molecule has 4 aromatic heterocycles. The van der Waals surface area contributed by atoms with Gasteiger partial charge in [0, 0.05) is 24.4 Å². The number of thiophene rings is 1. The van der Waals surface area contributed by atoms with Gasteiger partial charge in [-0.05, 0) is 44.1 Å². The molecule has 0 spiro atoms. The normalized spacial score (nSPS) is 14.9. The zero-order valence-corrected chi connectivity index (χ0v) is 20.9. The van der Waals surface area contributed by atoms with Crippen molar-refractivity contribution in [2.45, 2.75) is 32.7 Å². The number of carbonyl (C=O) groups is 1. The smallest absolute Gasteiger partial charge is 0.326 e. The lowest BCUT2D eigenvalue weighted by Gasteiger charge is -2.17. The number of nitrogens with zero attached hydrogens (tertiary/aromatic N) is 5. The first-order valence-corrected chi connectivity index (χ1v) is 12.8. The number of carbonyl (C=O) groups excluding carboxylic acids is 1. The van der Waals surface area contributed by atoms with Crippen molar-refractivity contribution in [2.24, 2.45) is 4.99 Å². The molecule has 1 saturated carbocycles. The number of fused-ring (bicyclic) bond motifs is 1. The molecule has 0 radical (unpaired) electrons. The lowest BCUT2D eigenvalue weighted by atomic mass is 10.3. The van der Waals surface area contributed by atoms with Crippen LogP contribution in [0.3, 0.4) is 0 Å². The molecule has 188 valence electrons. The molecule has 1 amide bonds. The van der Waals surface area contributed by atoms with Crippen LogP contribution in [0.1, 0.15) is 42.1 Å². The fraction of sp³-hybridized carbons (Fsp3) is 0.375. The number of hydrogen-bond donors (Lipinski definition) is 4. The molecule has 0 aromatic carbocycles. The molecular formula is C24H28N8O3S. The van der Waals surface area contributed by atoms with E-state index in [9.17, 15) is 14.7 Å². The summed E-state index contributed by atoms with van der Waals surface area (Å²) in [6, 6.07) is 5.84. The molecule has 4 N–H and O–H groups in total. The second kappa shape index (κ2) is 10.1. The van der Waals surface area contributed by atoms with Crippen molar-refractivity contribution in [1.29, 1.82) is 0 Å². The molecule has 4 heterocycles. The maximum absolute atomic E-state index is 12.7. The first kappa shape index (κ1) is 23.9. The number of amides is 1. The quantitative estimate of drug-likeness (QED) is 0.264. The Labute approximate surface area is 210 Å². The fourth-order valence-corrected chi connectivity index (χ4v) is 4.76. The van der Waals surface area contributed by atoms with E-state index in [0.29, 0.717) is 33.5 Å². The van der Waals surface area contributed by atoms with E-state index in [-0.39, 0.29) is 23.5 Å². The maximum atomic E-state index is 12.7. The van der Waals surface area contributed by atoms with Gasteiger partial charge in [0.25, 0.3) is 5.91 Å². The first-order chi connectivity index (χ1) is 17.4. The summed E-state index contributed by atoms with van der Waals surface area (Å²) in [5.41, 5.74) is 1.61. The van der Waals surface area contributed by atoms with Gasteiger partial charge in [-0.1, -0.05) is 13.8 Å². The van der Waals surface area contributed by atoms with Gasteiger partial charge >= 0.3 is 5.69 Å². The molecule has 1 aliphatic carbocycles. The molecule has 1 fully saturated rings. The Morgan fingerprint density at radius 3 is 2.83 bits per heavy atom. The minimum atomic E-state index is -0.505. The second-order valence-electron chi connectivity index (χ2n) is 8.63. The van der Waals surface area contributed by atoms with Gasteiger partial charge in [0.1, 0.15) is 5.69 Å². The number of hydrogen-bond acceptors (Lipinski definition) is 8. The summed E-state index contributed by atoms with van der Waals surface area (Å²) < 4.78 is 1.66. The van der Waals surface area contributed by atoms with Crippen LogP contribution in [0.4, 0.5) is 0 Å². The van der Waals surface area contributed by atoms with Gasteiger partial charge in [0.05, 0.1) is 27.7 Å². The molecule has 11 nitrogen and oxygen atoms in total. The highest BCUT2D eigenvalue weighted by Gasteiger charge is 2.21. The Kier molecular flexibility index (Phi) is 6.70. The zero-order chi connectivity index (χ0) is 25.2. The Hall–Kier alpha value is -3.77. The molecule has 36 heavy (non-hydrogen) atoms. The van der Waals surface area contributed by atoms with Crippen LogP contribution < -0.4 is 21.7 Å².